The summed E-state index contributed by atoms with van der Waals surface area (Å²) in [5, 5.41) is 10.2. The molecule has 0 aliphatic rings. The molecule has 0 aliphatic heterocycles. The van der Waals surface area contributed by atoms with Crippen LogP contribution in [0, 0.1) is 0 Å². The fraction of sp³-hybridized carbons (Fsp3) is 0.0667. The first kappa shape index (κ1) is 14.7. The van der Waals surface area contributed by atoms with Crippen LogP contribution in [0.15, 0.2) is 36.5 Å². The molecule has 2 aromatic heterocycles. The number of benzene rings is 1. The van der Waals surface area contributed by atoms with Gasteiger partial charge in [0.2, 0.25) is 0 Å². The molecule has 0 bridgehead atoms. The SMILES string of the molecule is COc1ccccc1-c1nc2c(Cl)cc(Cl)cn2c1C(=O)O. The summed E-state index contributed by atoms with van der Waals surface area (Å²) in [4.78, 5) is 16.1. The highest BCUT2D eigenvalue weighted by atomic mass is 35.5. The number of rotatable bonds is 3. The van der Waals surface area contributed by atoms with Crippen molar-refractivity contribution in [3.63, 3.8) is 0 Å². The summed E-state index contributed by atoms with van der Waals surface area (Å²) in [5.41, 5.74) is 1.14. The van der Waals surface area contributed by atoms with E-state index in [1.807, 2.05) is 0 Å². The number of pyridine rings is 1. The first-order valence-electron chi connectivity index (χ1n) is 6.26. The number of imidazole rings is 1. The number of carboxylic acid groups (broad SMARTS) is 1. The second-order valence-electron chi connectivity index (χ2n) is 4.51. The van der Waals surface area contributed by atoms with E-state index in [0.717, 1.165) is 0 Å². The highest BCUT2D eigenvalue weighted by Gasteiger charge is 2.23. The number of hydrogen-bond acceptors (Lipinski definition) is 3. The summed E-state index contributed by atoms with van der Waals surface area (Å²) in [7, 11) is 1.51. The van der Waals surface area contributed by atoms with Gasteiger partial charge in [0.1, 0.15) is 11.4 Å². The topological polar surface area (TPSA) is 63.8 Å². The maximum absolute atomic E-state index is 11.7. The molecule has 0 fully saturated rings. The molecule has 5 nitrogen and oxygen atoms in total. The molecule has 0 aliphatic carbocycles. The number of halogens is 2. The van der Waals surface area contributed by atoms with Gasteiger partial charge in [-0.2, -0.15) is 0 Å². The Morgan fingerprint density at radius 1 is 1.32 bits per heavy atom. The Bertz CT molecular complexity index is 890. The molecular formula is C15H10Cl2N2O3. The second kappa shape index (κ2) is 5.51. The molecule has 22 heavy (non-hydrogen) atoms. The first-order chi connectivity index (χ1) is 10.5. The van der Waals surface area contributed by atoms with Crippen LogP contribution in [-0.2, 0) is 0 Å². The number of para-hydroxylation sites is 1. The van der Waals surface area contributed by atoms with Crippen molar-refractivity contribution in [1.82, 2.24) is 9.38 Å². The fourth-order valence-corrected chi connectivity index (χ4v) is 2.82. The lowest BCUT2D eigenvalue weighted by molar-refractivity contribution is 0.0690. The largest absolute Gasteiger partial charge is 0.496 e. The number of carboxylic acids is 1. The van der Waals surface area contributed by atoms with Gasteiger partial charge >= 0.3 is 5.97 Å². The number of nitrogens with zero attached hydrogens (tertiary/aromatic N) is 2. The van der Waals surface area contributed by atoms with E-state index < -0.39 is 5.97 Å². The highest BCUT2D eigenvalue weighted by molar-refractivity contribution is 6.36. The van der Waals surface area contributed by atoms with Crippen molar-refractivity contribution in [3.05, 3.63) is 52.3 Å². The average molecular weight is 337 g/mol. The molecule has 7 heteroatoms. The minimum absolute atomic E-state index is 0.0242. The Balaban J connectivity index is 2.41. The zero-order valence-electron chi connectivity index (χ0n) is 11.4. The van der Waals surface area contributed by atoms with Crippen molar-refractivity contribution in [1.29, 1.82) is 0 Å². The van der Waals surface area contributed by atoms with Gasteiger partial charge in [0.05, 0.1) is 17.2 Å². The van der Waals surface area contributed by atoms with E-state index in [9.17, 15) is 9.90 Å². The van der Waals surface area contributed by atoms with Gasteiger partial charge in [0, 0.05) is 11.8 Å². The molecule has 0 saturated heterocycles. The van der Waals surface area contributed by atoms with Crippen LogP contribution >= 0.6 is 23.2 Å². The fourth-order valence-electron chi connectivity index (χ4n) is 2.31. The Morgan fingerprint density at radius 2 is 2.05 bits per heavy atom. The van der Waals surface area contributed by atoms with Gasteiger partial charge < -0.3 is 9.84 Å². The van der Waals surface area contributed by atoms with Gasteiger partial charge in [-0.3, -0.25) is 4.40 Å². The van der Waals surface area contributed by atoms with Crippen molar-refractivity contribution in [2.75, 3.05) is 7.11 Å². The molecule has 0 radical (unpaired) electrons. The molecule has 0 unspecified atom stereocenters. The quantitative estimate of drug-likeness (QED) is 0.784. The number of aromatic carboxylic acids is 1. The van der Waals surface area contributed by atoms with Crippen molar-refractivity contribution < 1.29 is 14.6 Å². The Hall–Kier alpha value is -2.24. The third-order valence-electron chi connectivity index (χ3n) is 3.21. The minimum Gasteiger partial charge on any atom is -0.496 e. The van der Waals surface area contributed by atoms with Crippen molar-refractivity contribution in [2.24, 2.45) is 0 Å². The monoisotopic (exact) mass is 336 g/mol. The van der Waals surface area contributed by atoms with Crippen molar-refractivity contribution in [3.8, 4) is 17.0 Å². The number of carbonyl (C=O) groups is 1. The predicted molar refractivity (Wildman–Crippen MR) is 84.2 cm³/mol. The van der Waals surface area contributed by atoms with E-state index >= 15 is 0 Å². The summed E-state index contributed by atoms with van der Waals surface area (Å²) in [6.45, 7) is 0. The summed E-state index contributed by atoms with van der Waals surface area (Å²) in [6, 6.07) is 8.57. The zero-order chi connectivity index (χ0) is 15.9. The van der Waals surface area contributed by atoms with Gasteiger partial charge in [-0.1, -0.05) is 35.3 Å². The molecule has 112 valence electrons. The van der Waals surface area contributed by atoms with Crippen LogP contribution in [0.3, 0.4) is 0 Å². The Kier molecular flexibility index (Phi) is 3.68. The second-order valence-corrected chi connectivity index (χ2v) is 5.36. The summed E-state index contributed by atoms with van der Waals surface area (Å²) >= 11 is 12.1. The lowest BCUT2D eigenvalue weighted by Crippen LogP contribution is -2.04. The molecule has 2 heterocycles. The molecule has 0 saturated carbocycles. The number of aromatic nitrogens is 2. The van der Waals surface area contributed by atoms with Gasteiger partial charge in [-0.05, 0) is 18.2 Å². The number of hydrogen-bond donors (Lipinski definition) is 1. The number of ether oxygens (including phenoxy) is 1. The standard InChI is InChI=1S/C15H10Cl2N2O3/c1-22-11-5-3-2-4-9(11)12-13(15(20)21)19-7-8(16)6-10(17)14(19)18-12/h2-7H,1H3,(H,20,21). The van der Waals surface area contributed by atoms with E-state index in [2.05, 4.69) is 4.98 Å². The summed E-state index contributed by atoms with van der Waals surface area (Å²) in [5.74, 6) is -0.609. The smallest absolute Gasteiger partial charge is 0.355 e. The Morgan fingerprint density at radius 3 is 2.73 bits per heavy atom. The molecule has 0 spiro atoms. The van der Waals surface area contributed by atoms with Crippen LogP contribution in [-0.4, -0.2) is 27.6 Å². The molecular weight excluding hydrogens is 327 g/mol. The lowest BCUT2D eigenvalue weighted by atomic mass is 10.1. The molecule has 3 rings (SSSR count). The lowest BCUT2D eigenvalue weighted by Gasteiger charge is -2.06. The van der Waals surface area contributed by atoms with Crippen LogP contribution in [0.25, 0.3) is 16.9 Å². The van der Waals surface area contributed by atoms with Gasteiger partial charge in [0.15, 0.2) is 11.3 Å². The van der Waals surface area contributed by atoms with E-state index in [1.165, 1.54) is 23.8 Å². The third kappa shape index (κ3) is 2.28. The Labute approximate surface area is 135 Å². The van der Waals surface area contributed by atoms with Crippen LogP contribution in [0.1, 0.15) is 10.5 Å². The van der Waals surface area contributed by atoms with Crippen molar-refractivity contribution >= 4 is 34.8 Å². The van der Waals surface area contributed by atoms with E-state index in [1.54, 1.807) is 24.3 Å². The number of fused-ring (bicyclic) bond motifs is 1. The summed E-state index contributed by atoms with van der Waals surface area (Å²) < 4.78 is 6.65. The minimum atomic E-state index is -1.13. The average Bonchev–Trinajstić information content (AvgIpc) is 2.86. The molecule has 3 aromatic rings. The zero-order valence-corrected chi connectivity index (χ0v) is 12.9. The normalized spacial score (nSPS) is 10.9. The van der Waals surface area contributed by atoms with Gasteiger partial charge in [-0.15, -0.1) is 0 Å². The molecule has 1 aromatic carbocycles. The summed E-state index contributed by atoms with van der Waals surface area (Å²) in [6.07, 6.45) is 1.47. The highest BCUT2D eigenvalue weighted by Crippen LogP contribution is 2.34. The van der Waals surface area contributed by atoms with Crippen LogP contribution in [0.4, 0.5) is 0 Å². The first-order valence-corrected chi connectivity index (χ1v) is 7.02. The van der Waals surface area contributed by atoms with Crippen LogP contribution in [0.2, 0.25) is 10.0 Å². The van der Waals surface area contributed by atoms with Crippen LogP contribution in [0.5, 0.6) is 5.75 Å². The van der Waals surface area contributed by atoms with E-state index in [-0.39, 0.29) is 16.4 Å². The molecule has 0 amide bonds. The molecule has 1 N–H and O–H groups in total. The third-order valence-corrected chi connectivity index (χ3v) is 3.69. The van der Waals surface area contributed by atoms with E-state index in [0.29, 0.717) is 22.0 Å². The number of methoxy groups -OCH3 is 1. The van der Waals surface area contributed by atoms with Crippen LogP contribution < -0.4 is 4.74 Å². The molecule has 0 atom stereocenters. The van der Waals surface area contributed by atoms with Gasteiger partial charge in [-0.25, -0.2) is 9.78 Å². The maximum atomic E-state index is 11.7. The van der Waals surface area contributed by atoms with Gasteiger partial charge in [0.25, 0.3) is 0 Å². The van der Waals surface area contributed by atoms with Crippen molar-refractivity contribution in [2.45, 2.75) is 0 Å². The van der Waals surface area contributed by atoms with E-state index in [4.69, 9.17) is 27.9 Å². The maximum Gasteiger partial charge on any atom is 0.355 e. The predicted octanol–water partition coefficient (Wildman–Crippen LogP) is 4.01.